The van der Waals surface area contributed by atoms with E-state index in [0.717, 1.165) is 21.9 Å². The van der Waals surface area contributed by atoms with Gasteiger partial charge in [-0.05, 0) is 28.3 Å². The van der Waals surface area contributed by atoms with Crippen LogP contribution in [0.4, 0.5) is 0 Å². The van der Waals surface area contributed by atoms with E-state index >= 15 is 0 Å². The second-order valence-corrected chi connectivity index (χ2v) is 7.65. The number of amides is 1. The third-order valence-electron chi connectivity index (χ3n) is 5.18. The van der Waals surface area contributed by atoms with Crippen molar-refractivity contribution in [3.63, 3.8) is 0 Å². The zero-order valence-electron chi connectivity index (χ0n) is 18.0. The molecule has 33 heavy (non-hydrogen) atoms. The number of aryl methyl sites for hydroxylation is 1. The average Bonchev–Trinajstić information content (AvgIpc) is 2.81. The molecule has 0 heterocycles. The number of carbonyl (C=O) groups is 4. The zero-order chi connectivity index (χ0) is 23.6. The van der Waals surface area contributed by atoms with E-state index in [1.807, 2.05) is 72.8 Å². The Bertz CT molecular complexity index is 1140. The van der Waals surface area contributed by atoms with Crippen LogP contribution >= 0.6 is 0 Å². The Labute approximate surface area is 191 Å². The maximum atomic E-state index is 12.5. The van der Waals surface area contributed by atoms with Crippen LogP contribution in [0.2, 0.25) is 0 Å². The van der Waals surface area contributed by atoms with Crippen LogP contribution < -0.4 is 5.32 Å². The van der Waals surface area contributed by atoms with E-state index in [-0.39, 0.29) is 12.8 Å². The summed E-state index contributed by atoms with van der Waals surface area (Å²) < 4.78 is 5.10. The second-order valence-electron chi connectivity index (χ2n) is 7.65. The molecule has 3 aromatic rings. The lowest BCUT2D eigenvalue weighted by Crippen LogP contribution is -2.44. The largest absolute Gasteiger partial charge is 0.481 e. The van der Waals surface area contributed by atoms with Crippen molar-refractivity contribution in [1.82, 2.24) is 5.32 Å². The fourth-order valence-electron chi connectivity index (χ4n) is 3.49. The molecule has 0 spiro atoms. The maximum absolute atomic E-state index is 12.5. The second kappa shape index (κ2) is 11.6. The Hall–Kier alpha value is -4.00. The first-order valence-electron chi connectivity index (χ1n) is 10.6. The van der Waals surface area contributed by atoms with Crippen molar-refractivity contribution in [2.24, 2.45) is 0 Å². The number of carbonyl (C=O) groups excluding carboxylic acids is 3. The molecule has 7 nitrogen and oxygen atoms in total. The van der Waals surface area contributed by atoms with Gasteiger partial charge in [0.05, 0.1) is 12.8 Å². The predicted octanol–water partition coefficient (Wildman–Crippen LogP) is 3.09. The van der Waals surface area contributed by atoms with Gasteiger partial charge in [-0.15, -0.1) is 0 Å². The third kappa shape index (κ3) is 7.28. The fourth-order valence-corrected chi connectivity index (χ4v) is 3.49. The fraction of sp³-hybridized carbons (Fsp3) is 0.231. The van der Waals surface area contributed by atoms with Gasteiger partial charge in [0, 0.05) is 6.42 Å². The molecule has 0 radical (unpaired) electrons. The van der Waals surface area contributed by atoms with Crippen LogP contribution in [-0.2, 0) is 36.8 Å². The van der Waals surface area contributed by atoms with E-state index < -0.39 is 42.7 Å². The normalized spacial score (nSPS) is 11.5. The highest BCUT2D eigenvalue weighted by molar-refractivity contribution is 5.94. The molecule has 170 valence electrons. The highest BCUT2D eigenvalue weighted by atomic mass is 16.5. The molecule has 3 aromatic carbocycles. The summed E-state index contributed by atoms with van der Waals surface area (Å²) in [5.41, 5.74) is 1.72. The Morgan fingerprint density at radius 1 is 0.879 bits per heavy atom. The summed E-state index contributed by atoms with van der Waals surface area (Å²) in [6.45, 7) is -0.611. The summed E-state index contributed by atoms with van der Waals surface area (Å²) in [6.07, 6.45) is -0.0482. The van der Waals surface area contributed by atoms with Crippen LogP contribution in [0.3, 0.4) is 0 Å². The average molecular weight is 447 g/mol. The van der Waals surface area contributed by atoms with Crippen LogP contribution in [0.25, 0.3) is 10.8 Å². The lowest BCUT2D eigenvalue weighted by Gasteiger charge is -2.16. The first-order valence-corrected chi connectivity index (χ1v) is 10.6. The number of fused-ring (bicyclic) bond motifs is 1. The summed E-state index contributed by atoms with van der Waals surface area (Å²) >= 11 is 0. The molecule has 0 aliphatic rings. The number of carboxylic acid groups (broad SMARTS) is 1. The standard InChI is InChI=1S/C26H25NO6/c28-23(17-33-26(32)15-20-11-6-10-19-9-4-5-12-21(19)20)22(16-25(30)31)27-24(29)14-13-18-7-2-1-3-8-18/h1-12,22H,13-17H2,(H,27,29)(H,30,31). The Morgan fingerprint density at radius 2 is 1.58 bits per heavy atom. The minimum absolute atomic E-state index is 0.0261. The quantitative estimate of drug-likeness (QED) is 0.437. The number of rotatable bonds is 11. The van der Waals surface area contributed by atoms with Crippen LogP contribution in [0, 0.1) is 0 Å². The molecule has 1 amide bonds. The van der Waals surface area contributed by atoms with Gasteiger partial charge in [-0.2, -0.15) is 0 Å². The molecule has 0 fully saturated rings. The van der Waals surface area contributed by atoms with Crippen molar-refractivity contribution < 1.29 is 29.0 Å². The van der Waals surface area contributed by atoms with Gasteiger partial charge in [-0.3, -0.25) is 19.2 Å². The molecule has 7 heteroatoms. The van der Waals surface area contributed by atoms with Gasteiger partial charge >= 0.3 is 11.9 Å². The molecule has 2 N–H and O–H groups in total. The molecular formula is C26H25NO6. The number of benzene rings is 3. The summed E-state index contributed by atoms with van der Waals surface area (Å²) in [6, 6.07) is 21.3. The molecule has 0 bridgehead atoms. The first kappa shape index (κ1) is 23.7. The van der Waals surface area contributed by atoms with Gasteiger partial charge in [0.2, 0.25) is 5.91 Å². The Morgan fingerprint density at radius 3 is 2.33 bits per heavy atom. The van der Waals surface area contributed by atoms with Gasteiger partial charge in [-0.1, -0.05) is 72.8 Å². The van der Waals surface area contributed by atoms with E-state index in [4.69, 9.17) is 9.84 Å². The van der Waals surface area contributed by atoms with Crippen molar-refractivity contribution in [2.45, 2.75) is 31.7 Å². The molecule has 0 saturated carbocycles. The number of hydrogen-bond acceptors (Lipinski definition) is 5. The number of ether oxygens (including phenoxy) is 1. The van der Waals surface area contributed by atoms with Crippen LogP contribution in [0.5, 0.6) is 0 Å². The van der Waals surface area contributed by atoms with Crippen molar-refractivity contribution in [3.05, 3.63) is 83.9 Å². The topological polar surface area (TPSA) is 110 Å². The predicted molar refractivity (Wildman–Crippen MR) is 123 cm³/mol. The smallest absolute Gasteiger partial charge is 0.310 e. The minimum atomic E-state index is -1.27. The summed E-state index contributed by atoms with van der Waals surface area (Å²) in [5, 5.41) is 13.5. The summed E-state index contributed by atoms with van der Waals surface area (Å²) in [4.78, 5) is 48.2. The molecule has 0 aromatic heterocycles. The number of nitrogens with one attached hydrogen (secondary N) is 1. The molecule has 3 rings (SSSR count). The number of ketones is 1. The Kier molecular flexibility index (Phi) is 8.30. The van der Waals surface area contributed by atoms with E-state index in [1.54, 1.807) is 0 Å². The SMILES string of the molecule is O=C(O)CC(NC(=O)CCc1ccccc1)C(=O)COC(=O)Cc1cccc2ccccc12. The van der Waals surface area contributed by atoms with Gasteiger partial charge in [0.15, 0.2) is 12.4 Å². The monoisotopic (exact) mass is 447 g/mol. The molecule has 0 aliphatic carbocycles. The lowest BCUT2D eigenvalue weighted by molar-refractivity contribution is -0.148. The van der Waals surface area contributed by atoms with Crippen molar-refractivity contribution in [1.29, 1.82) is 0 Å². The van der Waals surface area contributed by atoms with Crippen molar-refractivity contribution >= 4 is 34.4 Å². The third-order valence-corrected chi connectivity index (χ3v) is 5.18. The zero-order valence-corrected chi connectivity index (χ0v) is 18.0. The lowest BCUT2D eigenvalue weighted by atomic mass is 10.0. The number of carboxylic acids is 1. The van der Waals surface area contributed by atoms with Gasteiger partial charge in [-0.25, -0.2) is 0 Å². The molecule has 1 atom stereocenters. The van der Waals surface area contributed by atoms with Gasteiger partial charge in [0.1, 0.15) is 6.04 Å². The molecule has 1 unspecified atom stereocenters. The maximum Gasteiger partial charge on any atom is 0.310 e. The van der Waals surface area contributed by atoms with Gasteiger partial charge in [0.25, 0.3) is 0 Å². The summed E-state index contributed by atoms with van der Waals surface area (Å²) in [7, 11) is 0. The van der Waals surface area contributed by atoms with Gasteiger partial charge < -0.3 is 15.2 Å². The number of hydrogen-bond donors (Lipinski definition) is 2. The van der Waals surface area contributed by atoms with E-state index in [1.165, 1.54) is 0 Å². The number of Topliss-reactive ketones (excluding diaryl/α,β-unsaturated/α-hetero) is 1. The first-order chi connectivity index (χ1) is 15.9. The van der Waals surface area contributed by atoms with E-state index in [0.29, 0.717) is 6.42 Å². The number of esters is 1. The summed E-state index contributed by atoms with van der Waals surface area (Å²) in [5.74, 6) is -2.96. The number of aliphatic carboxylic acids is 1. The van der Waals surface area contributed by atoms with Crippen molar-refractivity contribution in [3.8, 4) is 0 Å². The minimum Gasteiger partial charge on any atom is -0.481 e. The molecular weight excluding hydrogens is 422 g/mol. The van der Waals surface area contributed by atoms with E-state index in [9.17, 15) is 19.2 Å². The van der Waals surface area contributed by atoms with Crippen LogP contribution in [-0.4, -0.2) is 41.4 Å². The van der Waals surface area contributed by atoms with Crippen LogP contribution in [0.15, 0.2) is 72.8 Å². The van der Waals surface area contributed by atoms with Crippen LogP contribution in [0.1, 0.15) is 24.0 Å². The Balaban J connectivity index is 1.53. The highest BCUT2D eigenvalue weighted by Gasteiger charge is 2.24. The molecule has 0 saturated heterocycles. The molecule has 0 aliphatic heterocycles. The van der Waals surface area contributed by atoms with Crippen molar-refractivity contribution in [2.75, 3.05) is 6.61 Å². The highest BCUT2D eigenvalue weighted by Crippen LogP contribution is 2.19. The van der Waals surface area contributed by atoms with E-state index in [2.05, 4.69) is 5.32 Å².